The number of hydrogen-bond donors (Lipinski definition) is 1. The van der Waals surface area contributed by atoms with E-state index in [4.69, 9.17) is 5.41 Å². The molecule has 6 heteroatoms. The molecule has 140 valence electrons. The molecule has 1 amide bonds. The first kappa shape index (κ1) is 19.3. The Morgan fingerprint density at radius 1 is 1.25 bits per heavy atom. The summed E-state index contributed by atoms with van der Waals surface area (Å²) in [5.41, 5.74) is 0.0868. The molecular formula is C22H21N5O. The van der Waals surface area contributed by atoms with Crippen molar-refractivity contribution in [2.24, 2.45) is 23.2 Å². The van der Waals surface area contributed by atoms with E-state index in [0.29, 0.717) is 25.9 Å². The van der Waals surface area contributed by atoms with Crippen LogP contribution >= 0.6 is 0 Å². The summed E-state index contributed by atoms with van der Waals surface area (Å²) in [6, 6.07) is 16.1. The molecule has 0 aromatic heterocycles. The average Bonchev–Trinajstić information content (AvgIpc) is 2.72. The number of amides is 1. The lowest BCUT2D eigenvalue weighted by atomic mass is 9.55. The number of hydrogen-bond acceptors (Lipinski definition) is 5. The maximum absolute atomic E-state index is 11.9. The monoisotopic (exact) mass is 371 g/mol. The predicted molar refractivity (Wildman–Crippen MR) is 103 cm³/mol. The van der Waals surface area contributed by atoms with Crippen LogP contribution in [0.25, 0.3) is 0 Å². The average molecular weight is 371 g/mol. The second kappa shape index (κ2) is 7.67. The largest absolute Gasteiger partial charge is 0.339 e. The van der Waals surface area contributed by atoms with Crippen LogP contribution in [0.2, 0.25) is 0 Å². The van der Waals surface area contributed by atoms with Crippen LogP contribution in [0.1, 0.15) is 18.9 Å². The van der Waals surface area contributed by atoms with Crippen LogP contribution in [0.15, 0.2) is 42.0 Å². The lowest BCUT2D eigenvalue weighted by Gasteiger charge is -2.47. The van der Waals surface area contributed by atoms with E-state index in [0.717, 1.165) is 11.1 Å². The van der Waals surface area contributed by atoms with Gasteiger partial charge in [0, 0.05) is 31.8 Å². The van der Waals surface area contributed by atoms with Crippen molar-refractivity contribution in [3.63, 3.8) is 0 Å². The van der Waals surface area contributed by atoms with Gasteiger partial charge in [0.25, 0.3) is 0 Å². The first-order chi connectivity index (χ1) is 13.5. The molecule has 1 unspecified atom stereocenters. The van der Waals surface area contributed by atoms with Gasteiger partial charge >= 0.3 is 0 Å². The summed E-state index contributed by atoms with van der Waals surface area (Å²) in [6.45, 7) is 2.26. The topological polar surface area (TPSA) is 116 Å². The van der Waals surface area contributed by atoms with Gasteiger partial charge in [0.05, 0.1) is 23.9 Å². The second-order valence-corrected chi connectivity index (χ2v) is 7.37. The van der Waals surface area contributed by atoms with Gasteiger partial charge < -0.3 is 10.3 Å². The summed E-state index contributed by atoms with van der Waals surface area (Å²) < 4.78 is 0. The van der Waals surface area contributed by atoms with Gasteiger partial charge in [-0.15, -0.1) is 0 Å². The highest BCUT2D eigenvalue weighted by atomic mass is 16.2. The highest BCUT2D eigenvalue weighted by Gasteiger charge is 2.56. The van der Waals surface area contributed by atoms with E-state index in [1.54, 1.807) is 4.90 Å². The summed E-state index contributed by atoms with van der Waals surface area (Å²) in [5, 5.41) is 38.1. The van der Waals surface area contributed by atoms with Gasteiger partial charge in [-0.25, -0.2) is 0 Å². The summed E-state index contributed by atoms with van der Waals surface area (Å²) >= 11 is 0. The summed E-state index contributed by atoms with van der Waals surface area (Å²) in [6.07, 6.45) is 3.02. The number of nitrogens with one attached hydrogen (secondary N) is 1. The van der Waals surface area contributed by atoms with Crippen LogP contribution in [0.5, 0.6) is 0 Å². The molecule has 0 saturated heterocycles. The first-order valence-electron chi connectivity index (χ1n) is 9.29. The number of carbonyl (C=O) groups is 1. The third-order valence-electron chi connectivity index (χ3n) is 6.00. The van der Waals surface area contributed by atoms with Crippen molar-refractivity contribution in [2.45, 2.75) is 19.8 Å². The van der Waals surface area contributed by atoms with Crippen LogP contribution in [-0.4, -0.2) is 29.6 Å². The third-order valence-corrected chi connectivity index (χ3v) is 6.00. The van der Waals surface area contributed by atoms with Crippen LogP contribution in [-0.2, 0) is 11.2 Å². The zero-order valence-electron chi connectivity index (χ0n) is 15.7. The maximum Gasteiger partial charge on any atom is 0.219 e. The molecule has 3 atom stereocenters. The number of nitriles is 3. The molecule has 1 N–H and O–H groups in total. The van der Waals surface area contributed by atoms with E-state index < -0.39 is 17.3 Å². The van der Waals surface area contributed by atoms with Gasteiger partial charge in [0.1, 0.15) is 5.92 Å². The molecule has 3 rings (SSSR count). The van der Waals surface area contributed by atoms with E-state index in [2.05, 4.69) is 18.2 Å². The van der Waals surface area contributed by atoms with Crippen LogP contribution in [0.4, 0.5) is 0 Å². The zero-order valence-corrected chi connectivity index (χ0v) is 15.7. The summed E-state index contributed by atoms with van der Waals surface area (Å²) in [4.78, 5) is 13.6. The van der Waals surface area contributed by atoms with Crippen LogP contribution in [0, 0.1) is 62.6 Å². The Bertz CT molecular complexity index is 930. The molecule has 1 aromatic rings. The first-order valence-corrected chi connectivity index (χ1v) is 9.29. The van der Waals surface area contributed by atoms with Gasteiger partial charge in [-0.2, -0.15) is 15.8 Å². The molecule has 6 nitrogen and oxygen atoms in total. The van der Waals surface area contributed by atoms with Crippen LogP contribution in [0.3, 0.4) is 0 Å². The second-order valence-electron chi connectivity index (χ2n) is 7.37. The Morgan fingerprint density at radius 3 is 2.50 bits per heavy atom. The van der Waals surface area contributed by atoms with Gasteiger partial charge in [-0.3, -0.25) is 4.79 Å². The fourth-order valence-electron chi connectivity index (χ4n) is 4.46. The van der Waals surface area contributed by atoms with Crippen molar-refractivity contribution in [1.29, 1.82) is 21.2 Å². The normalized spacial score (nSPS) is 25.5. The third kappa shape index (κ3) is 3.06. The molecule has 1 aromatic carbocycles. The standard InChI is InChI=1S/C22H21N5O/c1-15(28)27-10-9-17-18(11-23)21(26)22(13-24,14-25)20(19(17)12-27)8-7-16-5-3-2-4-6-16/h2-6,9,18-20,26H,7-8,10,12H2,1H3/t18?,19-,20+/m1/s1. The van der Waals surface area contributed by atoms with Crippen LogP contribution < -0.4 is 0 Å². The predicted octanol–water partition coefficient (Wildman–Crippen LogP) is 2.85. The molecule has 1 aliphatic carbocycles. The van der Waals surface area contributed by atoms with Gasteiger partial charge in [0.15, 0.2) is 5.41 Å². The van der Waals surface area contributed by atoms with Gasteiger partial charge in [-0.1, -0.05) is 36.4 Å². The Hall–Kier alpha value is -3.43. The molecule has 0 spiro atoms. The smallest absolute Gasteiger partial charge is 0.219 e. The minimum Gasteiger partial charge on any atom is -0.339 e. The summed E-state index contributed by atoms with van der Waals surface area (Å²) in [7, 11) is 0. The lowest BCUT2D eigenvalue weighted by molar-refractivity contribution is -0.129. The minimum absolute atomic E-state index is 0.0780. The SMILES string of the molecule is CC(=O)N1CC=C2C(C#N)C(=N)C(C#N)(C#N)[C@@H](CCc3ccccc3)[C@@H]2C1. The fourth-order valence-corrected chi connectivity index (χ4v) is 4.46. The van der Waals surface area contributed by atoms with E-state index in [9.17, 15) is 20.6 Å². The molecule has 28 heavy (non-hydrogen) atoms. The number of fused-ring (bicyclic) bond motifs is 1. The number of benzene rings is 1. The number of rotatable bonds is 3. The Labute approximate surface area is 164 Å². The van der Waals surface area contributed by atoms with Crippen molar-refractivity contribution in [2.75, 3.05) is 13.1 Å². The molecule has 1 aliphatic heterocycles. The molecule has 1 heterocycles. The quantitative estimate of drug-likeness (QED) is 0.822. The lowest BCUT2D eigenvalue weighted by Crippen LogP contribution is -2.54. The van der Waals surface area contributed by atoms with E-state index in [1.807, 2.05) is 36.4 Å². The Morgan fingerprint density at radius 2 is 1.93 bits per heavy atom. The molecule has 1 fully saturated rings. The van der Waals surface area contributed by atoms with E-state index in [-0.39, 0.29) is 17.5 Å². The van der Waals surface area contributed by atoms with Crippen molar-refractivity contribution in [3.05, 3.63) is 47.5 Å². The molecule has 0 radical (unpaired) electrons. The van der Waals surface area contributed by atoms with Crippen molar-refractivity contribution < 1.29 is 4.79 Å². The van der Waals surface area contributed by atoms with E-state index in [1.165, 1.54) is 6.92 Å². The van der Waals surface area contributed by atoms with Crippen molar-refractivity contribution in [3.8, 4) is 18.2 Å². The fraction of sp³-hybridized carbons (Fsp3) is 0.409. The highest BCUT2D eigenvalue weighted by molar-refractivity contribution is 6.00. The van der Waals surface area contributed by atoms with Crippen molar-refractivity contribution in [1.82, 2.24) is 4.90 Å². The minimum atomic E-state index is -1.66. The van der Waals surface area contributed by atoms with E-state index >= 15 is 0 Å². The molecular weight excluding hydrogens is 350 g/mol. The maximum atomic E-state index is 11.9. The summed E-state index contributed by atoms with van der Waals surface area (Å²) in [5.74, 6) is -1.69. The molecule has 1 saturated carbocycles. The van der Waals surface area contributed by atoms with Crippen molar-refractivity contribution >= 4 is 11.6 Å². The van der Waals surface area contributed by atoms with Gasteiger partial charge in [-0.05, 0) is 24.0 Å². The number of nitrogens with zero attached hydrogens (tertiary/aromatic N) is 4. The zero-order chi connectivity index (χ0) is 20.3. The number of aryl methyl sites for hydroxylation is 1. The molecule has 0 bridgehead atoms. The Kier molecular flexibility index (Phi) is 5.30. The number of carbonyl (C=O) groups excluding carboxylic acids is 1. The van der Waals surface area contributed by atoms with Gasteiger partial charge in [0.2, 0.25) is 5.91 Å². The molecule has 2 aliphatic rings. The Balaban J connectivity index is 2.04. The highest BCUT2D eigenvalue weighted by Crippen LogP contribution is 2.50.